The van der Waals surface area contributed by atoms with Crippen LogP contribution in [0.2, 0.25) is 0 Å². The van der Waals surface area contributed by atoms with Gasteiger partial charge < -0.3 is 9.47 Å². The summed E-state index contributed by atoms with van der Waals surface area (Å²) in [5.74, 6) is 0.875. The van der Waals surface area contributed by atoms with Crippen LogP contribution in [-0.2, 0) is 17.8 Å². The van der Waals surface area contributed by atoms with Crippen LogP contribution in [0.5, 0.6) is 5.75 Å². The first-order valence-electron chi connectivity index (χ1n) is 12.0. The van der Waals surface area contributed by atoms with Gasteiger partial charge in [0.1, 0.15) is 12.4 Å². The van der Waals surface area contributed by atoms with Crippen molar-refractivity contribution in [2.24, 2.45) is 0 Å². The Balaban J connectivity index is 1.27. The number of quaternary nitrogens is 1. The zero-order valence-electron chi connectivity index (χ0n) is 19.5. The molecule has 4 nitrogen and oxygen atoms in total. The molecule has 1 amide bonds. The Hall–Kier alpha value is -3.11. The second-order valence-corrected chi connectivity index (χ2v) is 9.02. The van der Waals surface area contributed by atoms with Crippen LogP contribution in [0.15, 0.2) is 84.9 Å². The number of nitrogens with zero attached hydrogens (tertiary/aromatic N) is 1. The number of hydrogen-bond acceptors (Lipinski definition) is 3. The van der Waals surface area contributed by atoms with E-state index in [2.05, 4.69) is 43.3 Å². The van der Waals surface area contributed by atoms with Gasteiger partial charge in [0, 0.05) is 19.3 Å². The molecular weight excluding hydrogens is 410 g/mol. The molecule has 0 spiro atoms. The predicted octanol–water partition coefficient (Wildman–Crippen LogP) is 6.38. The second-order valence-electron chi connectivity index (χ2n) is 9.02. The summed E-state index contributed by atoms with van der Waals surface area (Å²) in [5.41, 5.74) is 3.60. The van der Waals surface area contributed by atoms with Gasteiger partial charge in [0.15, 0.2) is 0 Å². The van der Waals surface area contributed by atoms with E-state index in [1.807, 2.05) is 48.5 Å². The van der Waals surface area contributed by atoms with E-state index in [4.69, 9.17) is 9.47 Å². The minimum Gasteiger partial charge on any atom is -0.493 e. The number of carbonyl (C=O) groups is 1. The predicted molar refractivity (Wildman–Crippen MR) is 131 cm³/mol. The van der Waals surface area contributed by atoms with Crippen LogP contribution < -0.4 is 4.74 Å². The first kappa shape index (κ1) is 23.1. The van der Waals surface area contributed by atoms with E-state index in [0.29, 0.717) is 17.7 Å². The first-order chi connectivity index (χ1) is 16.2. The van der Waals surface area contributed by atoms with E-state index in [-0.39, 0.29) is 12.1 Å². The summed E-state index contributed by atoms with van der Waals surface area (Å²) in [7, 11) is 0. The van der Waals surface area contributed by atoms with Gasteiger partial charge in [-0.3, -0.25) is 0 Å². The molecule has 3 aromatic carbocycles. The Morgan fingerprint density at radius 2 is 1.52 bits per heavy atom. The first-order valence-corrected chi connectivity index (χ1v) is 12.0. The Labute approximate surface area is 197 Å². The normalized spacial score (nSPS) is 19.8. The van der Waals surface area contributed by atoms with Crippen LogP contribution in [0.1, 0.15) is 42.9 Å². The van der Waals surface area contributed by atoms with Crippen molar-refractivity contribution in [2.75, 3.05) is 19.7 Å². The lowest BCUT2D eigenvalue weighted by molar-refractivity contribution is -0.868. The van der Waals surface area contributed by atoms with Gasteiger partial charge in [-0.1, -0.05) is 72.8 Å². The molecule has 172 valence electrons. The summed E-state index contributed by atoms with van der Waals surface area (Å²) in [6, 6.07) is 29.0. The Morgan fingerprint density at radius 3 is 2.15 bits per heavy atom. The highest BCUT2D eigenvalue weighted by Gasteiger charge is 2.47. The molecule has 0 bridgehead atoms. The molecule has 3 aromatic rings. The van der Waals surface area contributed by atoms with Crippen LogP contribution in [0.4, 0.5) is 4.79 Å². The highest BCUT2D eigenvalue weighted by molar-refractivity contribution is 5.60. The average Bonchev–Trinajstić information content (AvgIpc) is 3.24. The van der Waals surface area contributed by atoms with Crippen LogP contribution in [0.25, 0.3) is 0 Å². The standard InChI is InChI=1S/C29H34NO3/c1-24-10-8-19-30(24,29(31)33-23-27-13-6-3-7-14-27)20-9-21-32-28-17-15-26(16-18-28)22-25-11-4-2-5-12-25/h2-7,11-18,24H,8-10,19-23H2,1H3/q+1/t24-,30?/m1/s1. The Bertz CT molecular complexity index is 1000. The second kappa shape index (κ2) is 11.2. The van der Waals surface area contributed by atoms with Gasteiger partial charge in [-0.2, -0.15) is 4.79 Å². The van der Waals surface area contributed by atoms with E-state index < -0.39 is 0 Å². The maximum atomic E-state index is 13.1. The molecule has 1 unspecified atom stereocenters. The lowest BCUT2D eigenvalue weighted by Gasteiger charge is -2.34. The summed E-state index contributed by atoms with van der Waals surface area (Å²) in [6.45, 7) is 4.70. The van der Waals surface area contributed by atoms with E-state index >= 15 is 0 Å². The molecule has 4 heteroatoms. The van der Waals surface area contributed by atoms with E-state index in [1.165, 1.54) is 11.1 Å². The minimum atomic E-state index is -0.103. The van der Waals surface area contributed by atoms with E-state index in [1.54, 1.807) is 0 Å². The third kappa shape index (κ3) is 6.02. The van der Waals surface area contributed by atoms with Crippen LogP contribution in [0.3, 0.4) is 0 Å². The van der Waals surface area contributed by atoms with Gasteiger partial charge in [-0.05, 0) is 42.2 Å². The maximum Gasteiger partial charge on any atom is 0.516 e. The number of hydrogen-bond donors (Lipinski definition) is 0. The largest absolute Gasteiger partial charge is 0.516 e. The summed E-state index contributed by atoms with van der Waals surface area (Å²) in [6.07, 6.45) is 3.75. The van der Waals surface area contributed by atoms with Crippen molar-refractivity contribution < 1.29 is 18.8 Å². The topological polar surface area (TPSA) is 35.5 Å². The molecule has 1 saturated heterocycles. The minimum absolute atomic E-state index is 0.103. The van der Waals surface area contributed by atoms with Gasteiger partial charge in [-0.25, -0.2) is 4.48 Å². The third-order valence-corrected chi connectivity index (χ3v) is 6.74. The number of rotatable bonds is 9. The zero-order valence-corrected chi connectivity index (χ0v) is 19.5. The van der Waals surface area contributed by atoms with Gasteiger partial charge in [-0.15, -0.1) is 0 Å². The molecule has 0 aliphatic carbocycles. The highest BCUT2D eigenvalue weighted by atomic mass is 16.6. The number of likely N-dealkylation sites (tertiary alicyclic amines) is 1. The smallest absolute Gasteiger partial charge is 0.493 e. The number of ether oxygens (including phenoxy) is 2. The molecule has 0 radical (unpaired) electrons. The lowest BCUT2D eigenvalue weighted by Crippen LogP contribution is -2.56. The monoisotopic (exact) mass is 444 g/mol. The molecule has 33 heavy (non-hydrogen) atoms. The van der Waals surface area contributed by atoms with Crippen molar-refractivity contribution in [2.45, 2.75) is 45.3 Å². The molecule has 0 saturated carbocycles. The quantitative estimate of drug-likeness (QED) is 0.284. The Morgan fingerprint density at radius 1 is 0.879 bits per heavy atom. The fourth-order valence-corrected chi connectivity index (χ4v) is 4.75. The number of amides is 1. The van der Waals surface area contributed by atoms with Crippen LogP contribution in [0, 0.1) is 0 Å². The molecule has 0 N–H and O–H groups in total. The van der Waals surface area contributed by atoms with Crippen LogP contribution in [-0.4, -0.2) is 36.3 Å². The number of benzene rings is 3. The Kier molecular flexibility index (Phi) is 7.79. The van der Waals surface area contributed by atoms with Crippen molar-refractivity contribution >= 4 is 6.09 Å². The average molecular weight is 445 g/mol. The third-order valence-electron chi connectivity index (χ3n) is 6.74. The van der Waals surface area contributed by atoms with Gasteiger partial charge in [0.2, 0.25) is 0 Å². The molecule has 2 atom stereocenters. The van der Waals surface area contributed by atoms with Crippen molar-refractivity contribution in [1.82, 2.24) is 0 Å². The SMILES string of the molecule is C[C@@H]1CCC[N+]1(CCCOc1ccc(Cc2ccccc2)cc1)C(=O)OCc1ccccc1. The van der Waals surface area contributed by atoms with Crippen molar-refractivity contribution in [3.63, 3.8) is 0 Å². The molecule has 0 aromatic heterocycles. The maximum absolute atomic E-state index is 13.1. The molecule has 4 rings (SSSR count). The summed E-state index contributed by atoms with van der Waals surface area (Å²) in [5, 5.41) is 0. The lowest BCUT2D eigenvalue weighted by atomic mass is 10.1. The molecule has 1 aliphatic rings. The number of carbonyl (C=O) groups excluding carboxylic acids is 1. The summed E-state index contributed by atoms with van der Waals surface area (Å²) in [4.78, 5) is 13.1. The van der Waals surface area contributed by atoms with Crippen molar-refractivity contribution in [1.29, 1.82) is 0 Å². The molecule has 1 aliphatic heterocycles. The van der Waals surface area contributed by atoms with Crippen molar-refractivity contribution in [3.05, 3.63) is 102 Å². The van der Waals surface area contributed by atoms with Crippen LogP contribution >= 0.6 is 0 Å². The van der Waals surface area contributed by atoms with Crippen molar-refractivity contribution in [3.8, 4) is 5.75 Å². The van der Waals surface area contributed by atoms with Gasteiger partial charge >= 0.3 is 6.09 Å². The summed E-state index contributed by atoms with van der Waals surface area (Å²) < 4.78 is 12.2. The summed E-state index contributed by atoms with van der Waals surface area (Å²) >= 11 is 0. The fraction of sp³-hybridized carbons (Fsp3) is 0.345. The highest BCUT2D eigenvalue weighted by Crippen LogP contribution is 2.29. The zero-order chi connectivity index (χ0) is 22.9. The fourth-order valence-electron chi connectivity index (χ4n) is 4.75. The van der Waals surface area contributed by atoms with E-state index in [0.717, 1.165) is 50.1 Å². The van der Waals surface area contributed by atoms with Gasteiger partial charge in [0.25, 0.3) is 0 Å². The molecular formula is C29H34NO3+. The van der Waals surface area contributed by atoms with E-state index in [9.17, 15) is 4.79 Å². The molecule has 1 fully saturated rings. The van der Waals surface area contributed by atoms with Gasteiger partial charge in [0.05, 0.1) is 25.7 Å². The molecule has 1 heterocycles.